The molecule has 114 valence electrons. The van der Waals surface area contributed by atoms with Crippen molar-refractivity contribution in [1.82, 2.24) is 15.1 Å². The van der Waals surface area contributed by atoms with E-state index in [2.05, 4.69) is 31.2 Å². The number of nitrogens with one attached hydrogen (secondary N) is 1. The summed E-state index contributed by atoms with van der Waals surface area (Å²) in [7, 11) is 0. The van der Waals surface area contributed by atoms with Gasteiger partial charge in [0.25, 0.3) is 0 Å². The van der Waals surface area contributed by atoms with Gasteiger partial charge in [-0.3, -0.25) is 14.8 Å². The van der Waals surface area contributed by atoms with Crippen LogP contribution in [-0.2, 0) is 13.0 Å². The molecule has 1 N–H and O–H groups in total. The summed E-state index contributed by atoms with van der Waals surface area (Å²) in [6, 6.07) is 0.250. The summed E-state index contributed by atoms with van der Waals surface area (Å²) in [5.74, 6) is 0.553. The van der Waals surface area contributed by atoms with E-state index in [1.165, 1.54) is 0 Å². The summed E-state index contributed by atoms with van der Waals surface area (Å²) in [4.78, 5) is 11.0. The summed E-state index contributed by atoms with van der Waals surface area (Å²) >= 11 is 0. The van der Waals surface area contributed by atoms with Crippen molar-refractivity contribution >= 4 is 5.69 Å². The fraction of sp³-hybridized carbons (Fsp3) is 0.786. The number of nitrogens with zero attached hydrogens (tertiary/aromatic N) is 3. The second-order valence-electron chi connectivity index (χ2n) is 5.54. The monoisotopic (exact) mass is 282 g/mol. The maximum atomic E-state index is 11.3. The molecule has 0 amide bonds. The van der Waals surface area contributed by atoms with E-state index < -0.39 is 0 Å². The van der Waals surface area contributed by atoms with Crippen molar-refractivity contribution in [2.45, 2.75) is 60.0 Å². The van der Waals surface area contributed by atoms with E-state index in [4.69, 9.17) is 0 Å². The van der Waals surface area contributed by atoms with Crippen LogP contribution in [-0.4, -0.2) is 27.3 Å². The van der Waals surface area contributed by atoms with E-state index in [9.17, 15) is 10.1 Å². The normalized spacial score (nSPS) is 12.9. The molecule has 1 heterocycles. The molecule has 0 saturated carbocycles. The Hall–Kier alpha value is -1.43. The lowest BCUT2D eigenvalue weighted by atomic mass is 9.99. The zero-order valence-electron chi connectivity index (χ0n) is 13.1. The minimum Gasteiger partial charge on any atom is -0.314 e. The van der Waals surface area contributed by atoms with E-state index in [0.29, 0.717) is 24.6 Å². The van der Waals surface area contributed by atoms with Crippen LogP contribution in [0, 0.1) is 23.0 Å². The van der Waals surface area contributed by atoms with Crippen molar-refractivity contribution in [3.05, 3.63) is 21.5 Å². The maximum Gasteiger partial charge on any atom is 0.313 e. The van der Waals surface area contributed by atoms with Crippen LogP contribution >= 0.6 is 0 Å². The van der Waals surface area contributed by atoms with Gasteiger partial charge in [-0.2, -0.15) is 5.10 Å². The topological polar surface area (TPSA) is 73.0 Å². The van der Waals surface area contributed by atoms with Gasteiger partial charge < -0.3 is 5.32 Å². The first-order valence-electron chi connectivity index (χ1n) is 7.34. The van der Waals surface area contributed by atoms with Gasteiger partial charge in [-0.1, -0.05) is 20.8 Å². The standard InChI is InChI=1S/C14H26N4O2/c1-6-15-12(8-10(3)4)9-13-14(18(19)20)11(5)16-17(13)7-2/h10,12,15H,6-9H2,1-5H3. The van der Waals surface area contributed by atoms with Gasteiger partial charge in [0, 0.05) is 19.0 Å². The Bertz CT molecular complexity index is 454. The first-order chi connectivity index (χ1) is 9.40. The lowest BCUT2D eigenvalue weighted by molar-refractivity contribution is -0.386. The number of nitro groups is 1. The molecule has 0 aliphatic carbocycles. The molecule has 1 rings (SSSR count). The van der Waals surface area contributed by atoms with Crippen molar-refractivity contribution in [2.24, 2.45) is 5.92 Å². The summed E-state index contributed by atoms with van der Waals surface area (Å²) in [5, 5.41) is 19.0. The second kappa shape index (κ2) is 7.38. The Morgan fingerprint density at radius 2 is 2.05 bits per heavy atom. The molecule has 0 radical (unpaired) electrons. The van der Waals surface area contributed by atoms with Gasteiger partial charge in [0.1, 0.15) is 11.4 Å². The Balaban J connectivity index is 3.06. The van der Waals surface area contributed by atoms with E-state index in [-0.39, 0.29) is 16.7 Å². The minimum atomic E-state index is -0.303. The first kappa shape index (κ1) is 16.6. The number of aryl methyl sites for hydroxylation is 2. The van der Waals surface area contributed by atoms with Gasteiger partial charge in [0.15, 0.2) is 0 Å². The van der Waals surface area contributed by atoms with E-state index in [1.807, 2.05) is 6.92 Å². The highest BCUT2D eigenvalue weighted by Gasteiger charge is 2.26. The van der Waals surface area contributed by atoms with Crippen LogP contribution in [0.25, 0.3) is 0 Å². The van der Waals surface area contributed by atoms with Gasteiger partial charge >= 0.3 is 5.69 Å². The predicted molar refractivity (Wildman–Crippen MR) is 79.9 cm³/mol. The van der Waals surface area contributed by atoms with Crippen molar-refractivity contribution in [2.75, 3.05) is 6.54 Å². The van der Waals surface area contributed by atoms with Crippen LogP contribution in [0.2, 0.25) is 0 Å². The van der Waals surface area contributed by atoms with Crippen LogP contribution in [0.3, 0.4) is 0 Å². The van der Waals surface area contributed by atoms with E-state index in [1.54, 1.807) is 11.6 Å². The molecular weight excluding hydrogens is 256 g/mol. The Kier molecular flexibility index (Phi) is 6.13. The number of hydrogen-bond acceptors (Lipinski definition) is 4. The SMILES string of the molecule is CCNC(Cc1c([N+](=O)[O-])c(C)nn1CC)CC(C)C. The molecular formula is C14H26N4O2. The Morgan fingerprint density at radius 3 is 2.50 bits per heavy atom. The van der Waals surface area contributed by atoms with Gasteiger partial charge in [-0.05, 0) is 32.7 Å². The smallest absolute Gasteiger partial charge is 0.313 e. The fourth-order valence-corrected chi connectivity index (χ4v) is 2.65. The molecule has 0 aromatic carbocycles. The van der Waals surface area contributed by atoms with Crippen LogP contribution in [0.1, 0.15) is 45.5 Å². The molecule has 1 atom stereocenters. The molecule has 1 aromatic heterocycles. The van der Waals surface area contributed by atoms with Gasteiger partial charge in [0.05, 0.1) is 4.92 Å². The van der Waals surface area contributed by atoms with Gasteiger partial charge in [0.2, 0.25) is 0 Å². The minimum absolute atomic E-state index is 0.179. The van der Waals surface area contributed by atoms with Crippen molar-refractivity contribution < 1.29 is 4.92 Å². The zero-order valence-corrected chi connectivity index (χ0v) is 13.1. The van der Waals surface area contributed by atoms with Crippen LogP contribution < -0.4 is 5.32 Å². The van der Waals surface area contributed by atoms with Gasteiger partial charge in [-0.25, -0.2) is 0 Å². The molecule has 0 aliphatic heterocycles. The lowest BCUT2D eigenvalue weighted by Crippen LogP contribution is -2.33. The zero-order chi connectivity index (χ0) is 15.3. The molecule has 6 nitrogen and oxygen atoms in total. The highest BCUT2D eigenvalue weighted by Crippen LogP contribution is 2.25. The van der Waals surface area contributed by atoms with Gasteiger partial charge in [-0.15, -0.1) is 0 Å². The quantitative estimate of drug-likeness (QED) is 0.587. The number of hydrogen-bond donors (Lipinski definition) is 1. The van der Waals surface area contributed by atoms with Crippen molar-refractivity contribution in [1.29, 1.82) is 0 Å². The molecule has 1 aromatic rings. The molecule has 1 unspecified atom stereocenters. The molecule has 0 spiro atoms. The number of rotatable bonds is 8. The number of likely N-dealkylation sites (N-methyl/N-ethyl adjacent to an activating group) is 1. The lowest BCUT2D eigenvalue weighted by Gasteiger charge is -2.20. The molecule has 0 bridgehead atoms. The molecule has 0 aliphatic rings. The third-order valence-corrected chi connectivity index (χ3v) is 3.37. The van der Waals surface area contributed by atoms with E-state index in [0.717, 1.165) is 18.7 Å². The van der Waals surface area contributed by atoms with Crippen LogP contribution in [0.15, 0.2) is 0 Å². The van der Waals surface area contributed by atoms with Crippen molar-refractivity contribution in [3.8, 4) is 0 Å². The summed E-state index contributed by atoms with van der Waals surface area (Å²) in [6.45, 7) is 11.6. The Morgan fingerprint density at radius 1 is 1.40 bits per heavy atom. The predicted octanol–water partition coefficient (Wildman–Crippen LogP) is 2.69. The van der Waals surface area contributed by atoms with Crippen LogP contribution in [0.5, 0.6) is 0 Å². The molecule has 0 saturated heterocycles. The molecule has 0 fully saturated rings. The summed E-state index contributed by atoms with van der Waals surface area (Å²) in [6.07, 6.45) is 1.65. The third kappa shape index (κ3) is 4.03. The van der Waals surface area contributed by atoms with E-state index >= 15 is 0 Å². The number of aromatic nitrogens is 2. The highest BCUT2D eigenvalue weighted by atomic mass is 16.6. The molecule has 20 heavy (non-hydrogen) atoms. The third-order valence-electron chi connectivity index (χ3n) is 3.37. The highest BCUT2D eigenvalue weighted by molar-refractivity contribution is 5.41. The average molecular weight is 282 g/mol. The largest absolute Gasteiger partial charge is 0.314 e. The molecule has 6 heteroatoms. The summed E-state index contributed by atoms with van der Waals surface area (Å²) < 4.78 is 1.76. The second-order valence-corrected chi connectivity index (χ2v) is 5.54. The average Bonchev–Trinajstić information content (AvgIpc) is 2.64. The van der Waals surface area contributed by atoms with Crippen LogP contribution in [0.4, 0.5) is 5.69 Å². The Labute approximate surface area is 120 Å². The fourth-order valence-electron chi connectivity index (χ4n) is 2.65. The van der Waals surface area contributed by atoms with Crippen molar-refractivity contribution in [3.63, 3.8) is 0 Å². The first-order valence-corrected chi connectivity index (χ1v) is 7.34. The maximum absolute atomic E-state index is 11.3. The summed E-state index contributed by atoms with van der Waals surface area (Å²) in [5.41, 5.74) is 1.42.